The number of carbonyl (C=O) groups is 3. The number of fused-ring (bicyclic) bond motifs is 2. The molecule has 6 nitrogen and oxygen atoms in total. The summed E-state index contributed by atoms with van der Waals surface area (Å²) in [7, 11) is 0. The number of benzene rings is 2. The average Bonchev–Trinajstić information content (AvgIpc) is 3.12. The molecule has 142 valence electrons. The van der Waals surface area contributed by atoms with Crippen molar-refractivity contribution in [2.75, 3.05) is 5.32 Å². The summed E-state index contributed by atoms with van der Waals surface area (Å²) in [5.41, 5.74) is 2.20. The summed E-state index contributed by atoms with van der Waals surface area (Å²) in [4.78, 5) is 41.1. The lowest BCUT2D eigenvalue weighted by molar-refractivity contribution is -0.115. The van der Waals surface area contributed by atoms with E-state index in [9.17, 15) is 14.4 Å². The van der Waals surface area contributed by atoms with E-state index in [1.807, 2.05) is 31.2 Å². The van der Waals surface area contributed by atoms with Crippen molar-refractivity contribution in [2.45, 2.75) is 30.1 Å². The molecule has 4 rings (SSSR count). The third-order valence-corrected chi connectivity index (χ3v) is 5.83. The fraction of sp³-hybridized carbons (Fsp3) is 0.190. The first kappa shape index (κ1) is 18.3. The first-order chi connectivity index (χ1) is 13.4. The molecule has 1 aliphatic rings. The van der Waals surface area contributed by atoms with E-state index in [0.29, 0.717) is 11.3 Å². The van der Waals surface area contributed by atoms with Gasteiger partial charge < -0.3 is 15.0 Å². The number of H-pyrrole nitrogens is 1. The number of ketones is 1. The normalized spacial score (nSPS) is 16.9. The third-order valence-electron chi connectivity index (χ3n) is 4.65. The van der Waals surface area contributed by atoms with Crippen LogP contribution in [0.3, 0.4) is 0 Å². The molecule has 3 aromatic rings. The van der Waals surface area contributed by atoms with Crippen molar-refractivity contribution >= 4 is 46.0 Å². The summed E-state index contributed by atoms with van der Waals surface area (Å²) in [6.45, 7) is 3.38. The van der Waals surface area contributed by atoms with E-state index in [2.05, 4.69) is 10.3 Å². The number of para-hydroxylation sites is 1. The van der Waals surface area contributed by atoms with Gasteiger partial charge >= 0.3 is 5.97 Å². The first-order valence-electron chi connectivity index (χ1n) is 8.87. The highest BCUT2D eigenvalue weighted by Gasteiger charge is 2.26. The quantitative estimate of drug-likeness (QED) is 0.515. The molecular weight excluding hydrogens is 376 g/mol. The highest BCUT2D eigenvalue weighted by molar-refractivity contribution is 8.00. The number of aromatic amines is 1. The van der Waals surface area contributed by atoms with Crippen molar-refractivity contribution in [2.24, 2.45) is 0 Å². The number of carbonyl (C=O) groups excluding carboxylic acids is 3. The van der Waals surface area contributed by atoms with Crippen LogP contribution < -0.4 is 5.32 Å². The van der Waals surface area contributed by atoms with Gasteiger partial charge in [-0.3, -0.25) is 9.59 Å². The Kier molecular flexibility index (Phi) is 4.68. The van der Waals surface area contributed by atoms with Gasteiger partial charge in [0.15, 0.2) is 6.10 Å². The van der Waals surface area contributed by atoms with Gasteiger partial charge in [-0.25, -0.2) is 4.79 Å². The minimum atomic E-state index is -0.938. The molecule has 1 aromatic heterocycles. The predicted molar refractivity (Wildman–Crippen MR) is 108 cm³/mol. The number of thioether (sulfide) groups is 1. The maximum Gasteiger partial charge on any atom is 0.338 e. The molecule has 1 aliphatic heterocycles. The van der Waals surface area contributed by atoms with Crippen LogP contribution in [0, 0.1) is 0 Å². The molecule has 0 radical (unpaired) electrons. The Morgan fingerprint density at radius 1 is 1.18 bits per heavy atom. The zero-order valence-electron chi connectivity index (χ0n) is 15.3. The highest BCUT2D eigenvalue weighted by atomic mass is 32.2. The molecule has 0 saturated heterocycles. The van der Waals surface area contributed by atoms with Gasteiger partial charge in [0.1, 0.15) is 0 Å². The molecule has 0 spiro atoms. The molecule has 2 atom stereocenters. The summed E-state index contributed by atoms with van der Waals surface area (Å²) < 4.78 is 5.39. The molecule has 0 fully saturated rings. The summed E-state index contributed by atoms with van der Waals surface area (Å²) in [5.74, 6) is -0.992. The molecule has 1 amide bonds. The molecule has 2 aromatic carbocycles. The van der Waals surface area contributed by atoms with E-state index in [1.54, 1.807) is 31.3 Å². The Bertz CT molecular complexity index is 1100. The second-order valence-corrected chi connectivity index (χ2v) is 8.00. The lowest BCUT2D eigenvalue weighted by atomic mass is 10.1. The lowest BCUT2D eigenvalue weighted by Crippen LogP contribution is -2.27. The number of aromatic nitrogens is 1. The van der Waals surface area contributed by atoms with Gasteiger partial charge in [-0.15, -0.1) is 11.8 Å². The highest BCUT2D eigenvalue weighted by Crippen LogP contribution is 2.36. The van der Waals surface area contributed by atoms with Gasteiger partial charge in [-0.2, -0.15) is 0 Å². The maximum atomic E-state index is 12.7. The van der Waals surface area contributed by atoms with Crippen molar-refractivity contribution < 1.29 is 19.1 Å². The number of hydrogen-bond donors (Lipinski definition) is 2. The van der Waals surface area contributed by atoms with Gasteiger partial charge in [-0.05, 0) is 38.1 Å². The van der Waals surface area contributed by atoms with Gasteiger partial charge in [-0.1, -0.05) is 18.2 Å². The van der Waals surface area contributed by atoms with Crippen LogP contribution in [0.15, 0.2) is 53.6 Å². The zero-order chi connectivity index (χ0) is 19.8. The van der Waals surface area contributed by atoms with E-state index in [1.165, 1.54) is 11.8 Å². The molecular formula is C21H18N2O4S. The van der Waals surface area contributed by atoms with E-state index in [0.717, 1.165) is 15.8 Å². The number of anilines is 1. The molecule has 2 unspecified atom stereocenters. The van der Waals surface area contributed by atoms with Crippen LogP contribution in [-0.2, 0) is 9.53 Å². The van der Waals surface area contributed by atoms with Gasteiger partial charge in [0.25, 0.3) is 0 Å². The molecule has 2 heterocycles. The Morgan fingerprint density at radius 3 is 2.79 bits per heavy atom. The third kappa shape index (κ3) is 3.29. The van der Waals surface area contributed by atoms with E-state index >= 15 is 0 Å². The van der Waals surface area contributed by atoms with Crippen LogP contribution in [0.25, 0.3) is 10.9 Å². The van der Waals surface area contributed by atoms with Crippen LogP contribution in [0.4, 0.5) is 5.69 Å². The minimum Gasteiger partial charge on any atom is -0.451 e. The number of esters is 1. The smallest absolute Gasteiger partial charge is 0.338 e. The average molecular weight is 394 g/mol. The number of rotatable bonds is 4. The van der Waals surface area contributed by atoms with Crippen molar-refractivity contribution in [3.8, 4) is 0 Å². The Labute approximate surface area is 165 Å². The van der Waals surface area contributed by atoms with Crippen LogP contribution in [0.1, 0.15) is 34.6 Å². The Hall–Kier alpha value is -3.06. The molecule has 7 heteroatoms. The first-order valence-corrected chi connectivity index (χ1v) is 9.75. The van der Waals surface area contributed by atoms with Crippen LogP contribution in [0.2, 0.25) is 0 Å². The van der Waals surface area contributed by atoms with Gasteiger partial charge in [0, 0.05) is 27.6 Å². The Morgan fingerprint density at radius 2 is 1.96 bits per heavy atom. The maximum absolute atomic E-state index is 12.7. The number of amides is 1. The molecule has 2 N–H and O–H groups in total. The minimum absolute atomic E-state index is 0.106. The van der Waals surface area contributed by atoms with Crippen molar-refractivity contribution in [3.63, 3.8) is 0 Å². The van der Waals surface area contributed by atoms with Crippen molar-refractivity contribution in [3.05, 3.63) is 59.8 Å². The SMILES string of the molecule is CC(OC(=O)c1ccc2c(c1)NC(=O)C(C)S2)C(=O)c1c[nH]c2ccccc12. The van der Waals surface area contributed by atoms with Crippen molar-refractivity contribution in [1.82, 2.24) is 4.98 Å². The second kappa shape index (κ2) is 7.16. The summed E-state index contributed by atoms with van der Waals surface area (Å²) in [5, 5.41) is 3.39. The predicted octanol–water partition coefficient (Wildman–Crippen LogP) is 4.03. The molecule has 28 heavy (non-hydrogen) atoms. The number of nitrogens with one attached hydrogen (secondary N) is 2. The monoisotopic (exact) mass is 394 g/mol. The lowest BCUT2D eigenvalue weighted by Gasteiger charge is -2.21. The van der Waals surface area contributed by atoms with Crippen LogP contribution in [0.5, 0.6) is 0 Å². The largest absolute Gasteiger partial charge is 0.451 e. The summed E-state index contributed by atoms with van der Waals surface area (Å²) >= 11 is 1.44. The standard InChI is InChI=1S/C21H18N2O4S/c1-11(19(24)15-10-22-16-6-4-3-5-14(15)16)27-21(26)13-7-8-18-17(9-13)23-20(25)12(2)28-18/h3-12,22H,1-2H3,(H,23,25). The number of hydrogen-bond acceptors (Lipinski definition) is 5. The van der Waals surface area contributed by atoms with Gasteiger partial charge in [0.2, 0.25) is 11.7 Å². The fourth-order valence-electron chi connectivity index (χ4n) is 3.11. The molecule has 0 aliphatic carbocycles. The zero-order valence-corrected chi connectivity index (χ0v) is 16.1. The summed E-state index contributed by atoms with van der Waals surface area (Å²) in [6.07, 6.45) is 0.691. The van der Waals surface area contributed by atoms with E-state index in [-0.39, 0.29) is 22.5 Å². The molecule has 0 bridgehead atoms. The Balaban J connectivity index is 1.51. The van der Waals surface area contributed by atoms with Crippen LogP contribution in [-0.4, -0.2) is 34.0 Å². The number of ether oxygens (including phenoxy) is 1. The summed E-state index contributed by atoms with van der Waals surface area (Å²) in [6, 6.07) is 12.5. The second-order valence-electron chi connectivity index (χ2n) is 6.62. The fourth-order valence-corrected chi connectivity index (χ4v) is 4.04. The van der Waals surface area contributed by atoms with Gasteiger partial charge in [0.05, 0.1) is 16.5 Å². The van der Waals surface area contributed by atoms with Crippen LogP contribution >= 0.6 is 11.8 Å². The number of Topliss-reactive ketones (excluding diaryl/α,β-unsaturated/α-hetero) is 1. The van der Waals surface area contributed by atoms with E-state index < -0.39 is 12.1 Å². The van der Waals surface area contributed by atoms with E-state index in [4.69, 9.17) is 4.74 Å². The topological polar surface area (TPSA) is 88.3 Å². The molecule has 0 saturated carbocycles. The van der Waals surface area contributed by atoms with Crippen molar-refractivity contribution in [1.29, 1.82) is 0 Å².